The third kappa shape index (κ3) is 7.40. The Bertz CT molecular complexity index is 1130. The van der Waals surface area contributed by atoms with Gasteiger partial charge in [0.1, 0.15) is 11.6 Å². The van der Waals surface area contributed by atoms with Gasteiger partial charge in [-0.25, -0.2) is 8.78 Å². The Morgan fingerprint density at radius 3 is 1.89 bits per heavy atom. The van der Waals surface area contributed by atoms with Crippen LogP contribution in [-0.2, 0) is 22.0 Å². The number of hydrogen-bond acceptors (Lipinski definition) is 4. The van der Waals surface area contributed by atoms with Gasteiger partial charge in [-0.05, 0) is 54.8 Å². The summed E-state index contributed by atoms with van der Waals surface area (Å²) < 4.78 is 40.6. The Kier molecular flexibility index (Phi) is 9.35. The SMILES string of the molecule is C[C@@H]1CN(CCS(=O)C(c2ccc(F)cc2)c2ccc(F)cc2)C[C@H](C)N1CC(=O)Cc1ccccc1. The summed E-state index contributed by atoms with van der Waals surface area (Å²) in [6.45, 7) is 6.92. The van der Waals surface area contributed by atoms with Crippen molar-refractivity contribution < 1.29 is 17.8 Å². The molecule has 4 rings (SSSR count). The predicted octanol–water partition coefficient (Wildman–Crippen LogP) is 5.01. The Labute approximate surface area is 220 Å². The van der Waals surface area contributed by atoms with Crippen LogP contribution < -0.4 is 0 Å². The van der Waals surface area contributed by atoms with E-state index >= 15 is 0 Å². The lowest BCUT2D eigenvalue weighted by Crippen LogP contribution is -2.58. The molecule has 1 unspecified atom stereocenters. The highest BCUT2D eigenvalue weighted by Gasteiger charge is 2.31. The molecule has 0 N–H and O–H groups in total. The van der Waals surface area contributed by atoms with Gasteiger partial charge in [0.25, 0.3) is 0 Å². The lowest BCUT2D eigenvalue weighted by molar-refractivity contribution is -0.121. The molecule has 3 aromatic carbocycles. The molecule has 1 aliphatic heterocycles. The number of ketones is 1. The lowest BCUT2D eigenvalue weighted by Gasteiger charge is -2.44. The van der Waals surface area contributed by atoms with Gasteiger partial charge in [0, 0.05) is 54.7 Å². The smallest absolute Gasteiger partial charge is 0.151 e. The van der Waals surface area contributed by atoms with Crippen LogP contribution in [0.2, 0.25) is 0 Å². The van der Waals surface area contributed by atoms with E-state index in [1.807, 2.05) is 30.3 Å². The van der Waals surface area contributed by atoms with E-state index in [2.05, 4.69) is 23.6 Å². The highest BCUT2D eigenvalue weighted by molar-refractivity contribution is 7.85. The predicted molar refractivity (Wildman–Crippen MR) is 145 cm³/mol. The summed E-state index contributed by atoms with van der Waals surface area (Å²) >= 11 is 0. The molecule has 3 atom stereocenters. The van der Waals surface area contributed by atoms with Crippen molar-refractivity contribution in [1.82, 2.24) is 9.80 Å². The van der Waals surface area contributed by atoms with Gasteiger partial charge in [-0.15, -0.1) is 0 Å². The minimum absolute atomic E-state index is 0.196. The molecule has 1 aliphatic rings. The molecule has 1 heterocycles. The number of hydrogen-bond donors (Lipinski definition) is 0. The summed E-state index contributed by atoms with van der Waals surface area (Å²) in [5.74, 6) is -0.0573. The van der Waals surface area contributed by atoms with Crippen molar-refractivity contribution in [2.75, 3.05) is 31.9 Å². The molecule has 37 heavy (non-hydrogen) atoms. The zero-order chi connectivity index (χ0) is 26.4. The van der Waals surface area contributed by atoms with E-state index < -0.39 is 16.0 Å². The summed E-state index contributed by atoms with van der Waals surface area (Å²) in [4.78, 5) is 17.3. The van der Waals surface area contributed by atoms with E-state index in [1.165, 1.54) is 24.3 Å². The second-order valence-corrected chi connectivity index (χ2v) is 11.5. The number of Topliss-reactive ketones (excluding diaryl/α,β-unsaturated/α-hetero) is 1. The van der Waals surface area contributed by atoms with Gasteiger partial charge in [0.15, 0.2) is 5.78 Å². The molecule has 0 aliphatic carbocycles. The molecule has 0 amide bonds. The van der Waals surface area contributed by atoms with Gasteiger partial charge in [-0.3, -0.25) is 18.8 Å². The van der Waals surface area contributed by atoms with E-state index in [-0.39, 0.29) is 29.5 Å². The largest absolute Gasteiger partial charge is 0.299 e. The van der Waals surface area contributed by atoms with Gasteiger partial charge in [-0.1, -0.05) is 54.6 Å². The number of benzene rings is 3. The fourth-order valence-corrected chi connectivity index (χ4v) is 6.75. The molecular formula is C30H34F2N2O2S. The Morgan fingerprint density at radius 2 is 1.38 bits per heavy atom. The lowest BCUT2D eigenvalue weighted by atomic mass is 10.0. The third-order valence-electron chi connectivity index (χ3n) is 7.00. The number of halogens is 2. The molecule has 3 aromatic rings. The van der Waals surface area contributed by atoms with Crippen molar-refractivity contribution in [3.8, 4) is 0 Å². The molecule has 1 saturated heterocycles. The van der Waals surface area contributed by atoms with Crippen LogP contribution in [0.15, 0.2) is 78.9 Å². The van der Waals surface area contributed by atoms with Crippen molar-refractivity contribution >= 4 is 16.6 Å². The molecule has 0 spiro atoms. The number of carbonyl (C=O) groups excluding carboxylic acids is 1. The zero-order valence-electron chi connectivity index (χ0n) is 21.4. The van der Waals surface area contributed by atoms with Gasteiger partial charge in [-0.2, -0.15) is 0 Å². The Morgan fingerprint density at radius 1 is 0.865 bits per heavy atom. The first-order valence-electron chi connectivity index (χ1n) is 12.7. The second kappa shape index (κ2) is 12.7. The monoisotopic (exact) mass is 524 g/mol. The maximum Gasteiger partial charge on any atom is 0.151 e. The number of carbonyl (C=O) groups is 1. The average molecular weight is 525 g/mol. The molecular weight excluding hydrogens is 490 g/mol. The van der Waals surface area contributed by atoms with Crippen LogP contribution in [0.25, 0.3) is 0 Å². The molecule has 4 nitrogen and oxygen atoms in total. The maximum absolute atomic E-state index is 13.5. The quantitative estimate of drug-likeness (QED) is 0.374. The topological polar surface area (TPSA) is 40.6 Å². The molecule has 0 bridgehead atoms. The van der Waals surface area contributed by atoms with Gasteiger partial charge >= 0.3 is 0 Å². The van der Waals surface area contributed by atoms with Crippen molar-refractivity contribution in [3.63, 3.8) is 0 Å². The average Bonchev–Trinajstić information content (AvgIpc) is 2.88. The van der Waals surface area contributed by atoms with Gasteiger partial charge < -0.3 is 0 Å². The highest BCUT2D eigenvalue weighted by Crippen LogP contribution is 2.29. The van der Waals surface area contributed by atoms with E-state index in [0.717, 1.165) is 29.8 Å². The summed E-state index contributed by atoms with van der Waals surface area (Å²) in [6, 6.07) is 22.3. The second-order valence-electron chi connectivity index (χ2n) is 9.90. The molecule has 1 fully saturated rings. The summed E-state index contributed by atoms with van der Waals surface area (Å²) in [5.41, 5.74) is 2.52. The normalized spacial score (nSPS) is 19.7. The maximum atomic E-state index is 13.5. The number of nitrogens with zero attached hydrogens (tertiary/aromatic N) is 2. The van der Waals surface area contributed by atoms with Crippen molar-refractivity contribution in [1.29, 1.82) is 0 Å². The van der Waals surface area contributed by atoms with E-state index in [9.17, 15) is 17.8 Å². The summed E-state index contributed by atoms with van der Waals surface area (Å²) in [5, 5.41) is -0.465. The molecule has 0 aromatic heterocycles. The van der Waals surface area contributed by atoms with Gasteiger partial charge in [0.05, 0.1) is 11.8 Å². The van der Waals surface area contributed by atoms with Crippen LogP contribution in [0.4, 0.5) is 8.78 Å². The summed E-state index contributed by atoms with van der Waals surface area (Å²) in [6.07, 6.45) is 0.438. The van der Waals surface area contributed by atoms with Crippen LogP contribution >= 0.6 is 0 Å². The van der Waals surface area contributed by atoms with Crippen LogP contribution in [0.1, 0.15) is 35.8 Å². The highest BCUT2D eigenvalue weighted by atomic mass is 32.2. The molecule has 0 saturated carbocycles. The van der Waals surface area contributed by atoms with Gasteiger partial charge in [0.2, 0.25) is 0 Å². The first-order valence-corrected chi connectivity index (χ1v) is 14.1. The number of rotatable bonds is 10. The van der Waals surface area contributed by atoms with E-state index in [1.54, 1.807) is 24.3 Å². The van der Waals surface area contributed by atoms with Crippen LogP contribution in [0.3, 0.4) is 0 Å². The Balaban J connectivity index is 1.36. The standard InChI is InChI=1S/C30H34F2N2O2S/c1-22-19-33(20-23(2)34(22)21-29(35)18-24-6-4-3-5-7-24)16-17-37(36)30(25-8-12-27(31)13-9-25)26-10-14-28(32)15-11-26/h3-15,22-23,30H,16-21H2,1-2H3/t22-,23+,37?. The van der Waals surface area contributed by atoms with E-state index in [0.29, 0.717) is 25.3 Å². The molecule has 0 radical (unpaired) electrons. The zero-order valence-corrected chi connectivity index (χ0v) is 22.2. The number of piperazine rings is 1. The molecule has 196 valence electrons. The molecule has 7 heteroatoms. The van der Waals surface area contributed by atoms with Crippen LogP contribution in [0, 0.1) is 11.6 Å². The Hall–Kier alpha value is -2.74. The fraction of sp³-hybridized carbons (Fsp3) is 0.367. The van der Waals surface area contributed by atoms with Crippen molar-refractivity contribution in [3.05, 3.63) is 107 Å². The van der Waals surface area contributed by atoms with Crippen LogP contribution in [-0.4, -0.2) is 63.8 Å². The van der Waals surface area contributed by atoms with Crippen LogP contribution in [0.5, 0.6) is 0 Å². The first-order chi connectivity index (χ1) is 17.8. The minimum Gasteiger partial charge on any atom is -0.299 e. The van der Waals surface area contributed by atoms with E-state index in [4.69, 9.17) is 0 Å². The van der Waals surface area contributed by atoms with Crippen molar-refractivity contribution in [2.45, 2.75) is 37.6 Å². The first kappa shape index (κ1) is 27.3. The third-order valence-corrected chi connectivity index (χ3v) is 8.65. The minimum atomic E-state index is -1.29. The fourth-order valence-electron chi connectivity index (χ4n) is 5.15. The summed E-state index contributed by atoms with van der Waals surface area (Å²) in [7, 11) is -1.29. The van der Waals surface area contributed by atoms with Crippen molar-refractivity contribution in [2.24, 2.45) is 0 Å².